The molecule has 1 heterocycles. The number of carboxylic acid groups (broad SMARTS) is 1. The fourth-order valence-electron chi connectivity index (χ4n) is 3.55. The average Bonchev–Trinajstić information content (AvgIpc) is 2.65. The van der Waals surface area contributed by atoms with E-state index in [1.54, 1.807) is 18.2 Å². The molecule has 0 spiro atoms. The smallest absolute Gasteiger partial charge is 0.404 e. The highest BCUT2D eigenvalue weighted by atomic mass is 19.1. The summed E-state index contributed by atoms with van der Waals surface area (Å²) in [5.74, 6) is -0.0404. The van der Waals surface area contributed by atoms with E-state index in [-0.39, 0.29) is 11.6 Å². The second-order valence-electron chi connectivity index (χ2n) is 7.05. The largest absolute Gasteiger partial charge is 0.465 e. The summed E-state index contributed by atoms with van der Waals surface area (Å²) in [5, 5.41) is 11.0. The minimum absolute atomic E-state index is 0.246. The Bertz CT molecular complexity index is 772. The molecule has 3 rings (SSSR count). The van der Waals surface area contributed by atoms with E-state index in [1.807, 2.05) is 6.07 Å². The van der Waals surface area contributed by atoms with E-state index in [0.29, 0.717) is 24.6 Å². The predicted molar refractivity (Wildman–Crippen MR) is 100 cm³/mol. The Balaban J connectivity index is 1.53. The van der Waals surface area contributed by atoms with Crippen LogP contribution >= 0.6 is 0 Å². The third-order valence-electron chi connectivity index (χ3n) is 5.16. The molecule has 4 nitrogen and oxygen atoms in total. The monoisotopic (exact) mass is 374 g/mol. The van der Waals surface area contributed by atoms with Gasteiger partial charge in [0.1, 0.15) is 11.6 Å². The molecule has 6 heteroatoms. The van der Waals surface area contributed by atoms with Crippen molar-refractivity contribution in [2.45, 2.75) is 25.8 Å². The molecule has 144 valence electrons. The van der Waals surface area contributed by atoms with Gasteiger partial charge in [0.25, 0.3) is 0 Å². The lowest BCUT2D eigenvalue weighted by Crippen LogP contribution is -2.34. The molecular formula is C21H24F2N2O2. The molecule has 0 aromatic heterocycles. The fraction of sp³-hybridized carbons (Fsp3) is 0.381. The van der Waals surface area contributed by atoms with Crippen molar-refractivity contribution in [3.8, 4) is 11.1 Å². The Morgan fingerprint density at radius 2 is 1.74 bits per heavy atom. The van der Waals surface area contributed by atoms with Gasteiger partial charge in [0.2, 0.25) is 0 Å². The number of rotatable bonds is 6. The molecule has 1 saturated heterocycles. The number of amides is 1. The van der Waals surface area contributed by atoms with Crippen molar-refractivity contribution >= 4 is 6.09 Å². The van der Waals surface area contributed by atoms with Gasteiger partial charge in [0.15, 0.2) is 0 Å². The number of halogens is 2. The van der Waals surface area contributed by atoms with E-state index >= 15 is 0 Å². The maximum atomic E-state index is 14.5. The van der Waals surface area contributed by atoms with Crippen molar-refractivity contribution in [3.05, 3.63) is 59.7 Å². The topological polar surface area (TPSA) is 52.6 Å². The van der Waals surface area contributed by atoms with Crippen LogP contribution in [-0.4, -0.2) is 35.7 Å². The molecule has 1 aliphatic heterocycles. The van der Waals surface area contributed by atoms with E-state index in [4.69, 9.17) is 5.11 Å². The van der Waals surface area contributed by atoms with Gasteiger partial charge in [-0.2, -0.15) is 0 Å². The van der Waals surface area contributed by atoms with Crippen LogP contribution in [-0.2, 0) is 6.54 Å². The van der Waals surface area contributed by atoms with E-state index < -0.39 is 6.09 Å². The van der Waals surface area contributed by atoms with Crippen molar-refractivity contribution in [1.29, 1.82) is 0 Å². The first-order chi connectivity index (χ1) is 13.0. The van der Waals surface area contributed by atoms with Crippen molar-refractivity contribution in [2.75, 3.05) is 19.6 Å². The molecule has 2 N–H and O–H groups in total. The minimum Gasteiger partial charge on any atom is -0.465 e. The van der Waals surface area contributed by atoms with Gasteiger partial charge in [-0.1, -0.05) is 24.3 Å². The summed E-state index contributed by atoms with van der Waals surface area (Å²) >= 11 is 0. The Hall–Kier alpha value is -2.47. The zero-order valence-electron chi connectivity index (χ0n) is 15.1. The molecule has 27 heavy (non-hydrogen) atoms. The number of likely N-dealkylation sites (tertiary alicyclic amines) is 1. The Morgan fingerprint density at radius 3 is 2.37 bits per heavy atom. The summed E-state index contributed by atoms with van der Waals surface area (Å²) in [7, 11) is 0. The van der Waals surface area contributed by atoms with E-state index in [0.717, 1.165) is 43.5 Å². The first kappa shape index (κ1) is 19.3. The Labute approximate surface area is 157 Å². The van der Waals surface area contributed by atoms with Crippen LogP contribution in [0.15, 0.2) is 42.5 Å². The number of hydrogen-bond donors (Lipinski definition) is 2. The second-order valence-corrected chi connectivity index (χ2v) is 7.05. The first-order valence-corrected chi connectivity index (χ1v) is 9.25. The van der Waals surface area contributed by atoms with Gasteiger partial charge >= 0.3 is 6.09 Å². The SMILES string of the molecule is O=C(O)NCCC1CCN(Cc2ccc(-c3ccc(F)cc3)cc2F)CC1. The second kappa shape index (κ2) is 8.95. The van der Waals surface area contributed by atoms with Crippen LogP contribution in [0.5, 0.6) is 0 Å². The van der Waals surface area contributed by atoms with E-state index in [2.05, 4.69) is 10.2 Å². The Morgan fingerprint density at radius 1 is 1.07 bits per heavy atom. The van der Waals surface area contributed by atoms with Crippen LogP contribution < -0.4 is 5.32 Å². The zero-order valence-corrected chi connectivity index (χ0v) is 15.1. The summed E-state index contributed by atoms with van der Waals surface area (Å²) in [5.41, 5.74) is 2.19. The lowest BCUT2D eigenvalue weighted by molar-refractivity contribution is 0.167. The van der Waals surface area contributed by atoms with Crippen molar-refractivity contribution in [1.82, 2.24) is 10.2 Å². The summed E-state index contributed by atoms with van der Waals surface area (Å²) in [6.07, 6.45) is 1.86. The third kappa shape index (κ3) is 5.50. The molecule has 0 radical (unpaired) electrons. The molecule has 0 bridgehead atoms. The highest BCUT2D eigenvalue weighted by Gasteiger charge is 2.20. The molecule has 1 fully saturated rings. The van der Waals surface area contributed by atoms with E-state index in [1.165, 1.54) is 18.2 Å². The molecular weight excluding hydrogens is 350 g/mol. The number of benzene rings is 2. The third-order valence-corrected chi connectivity index (χ3v) is 5.16. The minimum atomic E-state index is -0.980. The number of carbonyl (C=O) groups is 1. The lowest BCUT2D eigenvalue weighted by atomic mass is 9.93. The first-order valence-electron chi connectivity index (χ1n) is 9.25. The summed E-state index contributed by atoms with van der Waals surface area (Å²) in [6.45, 7) is 2.82. The van der Waals surface area contributed by atoms with E-state index in [9.17, 15) is 13.6 Å². The van der Waals surface area contributed by atoms with Crippen molar-refractivity contribution in [2.24, 2.45) is 5.92 Å². The maximum absolute atomic E-state index is 14.5. The fourth-order valence-corrected chi connectivity index (χ4v) is 3.55. The molecule has 0 saturated carbocycles. The molecule has 2 aromatic rings. The molecule has 0 atom stereocenters. The summed E-state index contributed by atoms with van der Waals surface area (Å²) in [4.78, 5) is 12.7. The Kier molecular flexibility index (Phi) is 6.40. The number of nitrogens with one attached hydrogen (secondary N) is 1. The van der Waals surface area contributed by atoms with Crippen molar-refractivity contribution in [3.63, 3.8) is 0 Å². The van der Waals surface area contributed by atoms with Crippen LogP contribution in [0, 0.1) is 17.6 Å². The predicted octanol–water partition coefficient (Wildman–Crippen LogP) is 4.50. The van der Waals surface area contributed by atoms with Crippen LogP contribution in [0.3, 0.4) is 0 Å². The van der Waals surface area contributed by atoms with Gasteiger partial charge in [-0.05, 0) is 67.6 Å². The summed E-state index contributed by atoms with van der Waals surface area (Å²) < 4.78 is 27.6. The van der Waals surface area contributed by atoms with Gasteiger partial charge in [0.05, 0.1) is 0 Å². The van der Waals surface area contributed by atoms with Gasteiger partial charge in [0, 0.05) is 18.7 Å². The molecule has 1 aliphatic rings. The van der Waals surface area contributed by atoms with Gasteiger partial charge < -0.3 is 10.4 Å². The highest BCUT2D eigenvalue weighted by molar-refractivity contribution is 5.64. The van der Waals surface area contributed by atoms with Crippen LogP contribution in [0.1, 0.15) is 24.8 Å². The van der Waals surface area contributed by atoms with Gasteiger partial charge in [-0.3, -0.25) is 4.90 Å². The molecule has 0 aliphatic carbocycles. The van der Waals surface area contributed by atoms with Crippen molar-refractivity contribution < 1.29 is 18.7 Å². The number of hydrogen-bond acceptors (Lipinski definition) is 2. The average molecular weight is 374 g/mol. The van der Waals surface area contributed by atoms with Gasteiger partial charge in [-0.15, -0.1) is 0 Å². The molecule has 1 amide bonds. The summed E-state index contributed by atoms with van der Waals surface area (Å²) in [6, 6.07) is 11.2. The van der Waals surface area contributed by atoms with Crippen LogP contribution in [0.2, 0.25) is 0 Å². The maximum Gasteiger partial charge on any atom is 0.404 e. The lowest BCUT2D eigenvalue weighted by Gasteiger charge is -2.32. The molecule has 2 aromatic carbocycles. The number of nitrogens with zero attached hydrogens (tertiary/aromatic N) is 1. The van der Waals surface area contributed by atoms with Crippen LogP contribution in [0.4, 0.5) is 13.6 Å². The normalized spacial score (nSPS) is 15.6. The van der Waals surface area contributed by atoms with Crippen LogP contribution in [0.25, 0.3) is 11.1 Å². The molecule has 0 unspecified atom stereocenters. The quantitative estimate of drug-likeness (QED) is 0.783. The van der Waals surface area contributed by atoms with Gasteiger partial charge in [-0.25, -0.2) is 13.6 Å². The zero-order chi connectivity index (χ0) is 19.2. The standard InChI is InChI=1S/C21H24F2N2O2/c22-19-5-3-16(4-6-19)17-1-2-18(20(23)13-17)14-25-11-8-15(9-12-25)7-10-24-21(26)27/h1-6,13,15,24H,7-12,14H2,(H,26,27). The highest BCUT2D eigenvalue weighted by Crippen LogP contribution is 2.25. The number of piperidine rings is 1.